The van der Waals surface area contributed by atoms with Gasteiger partial charge in [-0.1, -0.05) is 109 Å². The first-order valence-corrected chi connectivity index (χ1v) is 16.7. The molecule has 0 radical (unpaired) electrons. The van der Waals surface area contributed by atoms with Crippen LogP contribution < -0.4 is 0 Å². The fourth-order valence-electron chi connectivity index (χ4n) is 10.2. The van der Waals surface area contributed by atoms with Crippen molar-refractivity contribution in [2.75, 3.05) is 0 Å². The fourth-order valence-corrected chi connectivity index (χ4v) is 10.2. The lowest BCUT2D eigenvalue weighted by Gasteiger charge is -2.34. The minimum atomic E-state index is -0.487. The topological polar surface area (TPSA) is 25.8 Å². The van der Waals surface area contributed by atoms with Crippen LogP contribution in [0.2, 0.25) is 0 Å². The third-order valence-corrected chi connectivity index (χ3v) is 11.7. The lowest BCUT2D eigenvalue weighted by molar-refractivity contribution is 0.827. The number of hydrogen-bond donors (Lipinski definition) is 0. The highest BCUT2D eigenvalue weighted by Crippen LogP contribution is 2.74. The van der Waals surface area contributed by atoms with E-state index in [4.69, 9.17) is 9.97 Å². The molecule has 4 aliphatic rings. The molecule has 6 aromatic carbocycles. The molecular weight excluding hydrogens is 581 g/mol. The molecule has 8 aromatic rings. The third kappa shape index (κ3) is 2.61. The van der Waals surface area contributed by atoms with Crippen LogP contribution in [-0.2, 0) is 10.8 Å². The molecule has 2 spiro atoms. The van der Waals surface area contributed by atoms with Crippen molar-refractivity contribution in [2.45, 2.75) is 10.8 Å². The summed E-state index contributed by atoms with van der Waals surface area (Å²) >= 11 is 0. The van der Waals surface area contributed by atoms with Crippen molar-refractivity contribution in [1.29, 1.82) is 0 Å². The number of pyridine rings is 2. The maximum Gasteiger partial charge on any atom is 0.0729 e. The Bertz CT molecular complexity index is 2610. The van der Waals surface area contributed by atoms with E-state index >= 15 is 0 Å². The quantitative estimate of drug-likeness (QED) is 0.172. The summed E-state index contributed by atoms with van der Waals surface area (Å²) in [6.07, 6.45) is 3.82. The van der Waals surface area contributed by atoms with E-state index < -0.39 is 10.8 Å². The minimum absolute atomic E-state index is 0.478. The predicted octanol–water partition coefficient (Wildman–Crippen LogP) is 10.4. The second-order valence-electron chi connectivity index (χ2n) is 13.6. The summed E-state index contributed by atoms with van der Waals surface area (Å²) in [4.78, 5) is 9.71. The van der Waals surface area contributed by atoms with Gasteiger partial charge >= 0.3 is 0 Å². The predicted molar refractivity (Wildman–Crippen MR) is 194 cm³/mol. The van der Waals surface area contributed by atoms with Gasteiger partial charge in [0.25, 0.3) is 0 Å². The Morgan fingerprint density at radius 3 is 1.29 bits per heavy atom. The van der Waals surface area contributed by atoms with E-state index in [1.54, 1.807) is 0 Å². The summed E-state index contributed by atoms with van der Waals surface area (Å²) in [5, 5.41) is 2.34. The average molecular weight is 607 g/mol. The first-order valence-electron chi connectivity index (χ1n) is 16.7. The van der Waals surface area contributed by atoms with Crippen LogP contribution in [0.3, 0.4) is 0 Å². The van der Waals surface area contributed by atoms with Gasteiger partial charge < -0.3 is 0 Å². The molecule has 2 nitrogen and oxygen atoms in total. The van der Waals surface area contributed by atoms with E-state index in [9.17, 15) is 0 Å². The smallest absolute Gasteiger partial charge is 0.0729 e. The molecule has 48 heavy (non-hydrogen) atoms. The van der Waals surface area contributed by atoms with Gasteiger partial charge in [-0.2, -0.15) is 0 Å². The minimum Gasteiger partial charge on any atom is -0.256 e. The van der Waals surface area contributed by atoms with Gasteiger partial charge in [0.1, 0.15) is 0 Å². The SMILES string of the molecule is c1ccc2c(c1)C1=C(c3ccccc3C13c1ccccc1-c1cc4cccnc4cc13)C21c2ccccc2-c2cc3ncccc3cc21. The van der Waals surface area contributed by atoms with Crippen LogP contribution in [0.1, 0.15) is 44.5 Å². The summed E-state index contributed by atoms with van der Waals surface area (Å²) < 4.78 is 0. The molecule has 0 saturated carbocycles. The normalized spacial score (nSPS) is 20.2. The second kappa shape index (κ2) is 8.42. The summed E-state index contributed by atoms with van der Waals surface area (Å²) in [5.74, 6) is 0. The van der Waals surface area contributed by atoms with Crippen LogP contribution in [0.5, 0.6) is 0 Å². The number of benzene rings is 6. The van der Waals surface area contributed by atoms with Crippen LogP contribution in [0.25, 0.3) is 55.2 Å². The van der Waals surface area contributed by atoms with Gasteiger partial charge in [0.2, 0.25) is 0 Å². The number of hydrogen-bond acceptors (Lipinski definition) is 2. The number of aromatic nitrogens is 2. The molecule has 2 aromatic heterocycles. The van der Waals surface area contributed by atoms with Crippen molar-refractivity contribution >= 4 is 33.0 Å². The van der Waals surface area contributed by atoms with Crippen LogP contribution in [0.15, 0.2) is 158 Å². The number of fused-ring (bicyclic) bond motifs is 20. The number of nitrogens with zero attached hydrogens (tertiary/aromatic N) is 2. The molecule has 4 aliphatic carbocycles. The fraction of sp³-hybridized carbons (Fsp3) is 0.0435. The van der Waals surface area contributed by atoms with Gasteiger partial charge in [-0.05, 0) is 114 Å². The molecule has 12 rings (SSSR count). The van der Waals surface area contributed by atoms with E-state index in [-0.39, 0.29) is 0 Å². The standard InChI is InChI=1S/C46H26N2/c1-5-17-35-29(13-1)33-23-27-11-9-22-48-42(27)26-40(33)46(35)38-20-8-4-16-32(38)43-44(46)31-15-3-7-19-37(31)45(43)36-18-6-2-14-30(36)34-25-41-28(24-39(34)45)12-10-21-47-41/h1-26H. The maximum absolute atomic E-state index is 4.90. The molecule has 2 atom stereocenters. The Kier molecular flexibility index (Phi) is 4.39. The monoisotopic (exact) mass is 606 g/mol. The van der Waals surface area contributed by atoms with Crippen molar-refractivity contribution in [1.82, 2.24) is 9.97 Å². The lowest BCUT2D eigenvalue weighted by Crippen LogP contribution is -2.28. The highest BCUT2D eigenvalue weighted by atomic mass is 14.7. The highest BCUT2D eigenvalue weighted by Gasteiger charge is 2.63. The summed E-state index contributed by atoms with van der Waals surface area (Å²) in [6, 6.07) is 54.7. The van der Waals surface area contributed by atoms with Crippen LogP contribution in [-0.4, -0.2) is 9.97 Å². The van der Waals surface area contributed by atoms with Crippen LogP contribution >= 0.6 is 0 Å². The number of rotatable bonds is 0. The molecule has 0 amide bonds. The van der Waals surface area contributed by atoms with E-state index in [1.165, 1.54) is 88.7 Å². The average Bonchev–Trinajstić information content (AvgIpc) is 3.82. The Labute approximate surface area is 277 Å². The van der Waals surface area contributed by atoms with E-state index in [2.05, 4.69) is 140 Å². The second-order valence-corrected chi connectivity index (χ2v) is 13.6. The van der Waals surface area contributed by atoms with Gasteiger partial charge in [-0.3, -0.25) is 9.97 Å². The summed E-state index contributed by atoms with van der Waals surface area (Å²) in [5.41, 5.74) is 19.9. The molecule has 2 unspecified atom stereocenters. The zero-order valence-corrected chi connectivity index (χ0v) is 25.9. The van der Waals surface area contributed by atoms with Gasteiger partial charge in [-0.25, -0.2) is 0 Å². The van der Waals surface area contributed by atoms with E-state index in [0.717, 1.165) is 11.0 Å². The van der Waals surface area contributed by atoms with Gasteiger partial charge in [-0.15, -0.1) is 0 Å². The van der Waals surface area contributed by atoms with Gasteiger partial charge in [0.15, 0.2) is 0 Å². The molecular formula is C46H26N2. The zero-order valence-electron chi connectivity index (χ0n) is 25.9. The molecule has 220 valence electrons. The van der Waals surface area contributed by atoms with Crippen molar-refractivity contribution < 1.29 is 0 Å². The highest BCUT2D eigenvalue weighted by molar-refractivity contribution is 6.20. The first kappa shape index (κ1) is 25.0. The Hall–Kier alpha value is -6.12. The van der Waals surface area contributed by atoms with Crippen molar-refractivity contribution in [3.63, 3.8) is 0 Å². The Morgan fingerprint density at radius 1 is 0.312 bits per heavy atom. The van der Waals surface area contributed by atoms with Crippen molar-refractivity contribution in [3.8, 4) is 22.3 Å². The molecule has 2 heteroatoms. The van der Waals surface area contributed by atoms with Crippen molar-refractivity contribution in [3.05, 3.63) is 202 Å². The zero-order chi connectivity index (χ0) is 31.2. The van der Waals surface area contributed by atoms with Crippen LogP contribution in [0, 0.1) is 0 Å². The maximum atomic E-state index is 4.90. The number of allylic oxidation sites excluding steroid dienone is 2. The third-order valence-electron chi connectivity index (χ3n) is 11.7. The van der Waals surface area contributed by atoms with Crippen molar-refractivity contribution in [2.24, 2.45) is 0 Å². The largest absolute Gasteiger partial charge is 0.256 e. The van der Waals surface area contributed by atoms with E-state index in [1.807, 2.05) is 18.5 Å². The lowest BCUT2D eigenvalue weighted by atomic mass is 9.66. The summed E-state index contributed by atoms with van der Waals surface area (Å²) in [7, 11) is 0. The summed E-state index contributed by atoms with van der Waals surface area (Å²) in [6.45, 7) is 0. The molecule has 0 N–H and O–H groups in total. The Balaban J connectivity index is 1.32. The van der Waals surface area contributed by atoms with Crippen LogP contribution in [0.4, 0.5) is 0 Å². The van der Waals surface area contributed by atoms with Gasteiger partial charge in [0.05, 0.1) is 21.9 Å². The molecule has 2 heterocycles. The van der Waals surface area contributed by atoms with E-state index in [0.29, 0.717) is 0 Å². The van der Waals surface area contributed by atoms with Gasteiger partial charge in [0, 0.05) is 23.2 Å². The Morgan fingerprint density at radius 2 is 0.729 bits per heavy atom. The molecule has 0 aliphatic heterocycles. The molecule has 0 saturated heterocycles. The molecule has 0 bridgehead atoms. The molecule has 0 fully saturated rings. The first-order chi connectivity index (χ1) is 23.8.